The van der Waals surface area contributed by atoms with Crippen molar-refractivity contribution in [3.8, 4) is 0 Å². The highest BCUT2D eigenvalue weighted by atomic mass is 32.2. The molecule has 0 spiro atoms. The zero-order valence-corrected chi connectivity index (χ0v) is 12.0. The number of hydrogen-bond donors (Lipinski definition) is 1. The van der Waals surface area contributed by atoms with Crippen LogP contribution in [0.3, 0.4) is 0 Å². The summed E-state index contributed by atoms with van der Waals surface area (Å²) in [4.78, 5) is 10.9. The van der Waals surface area contributed by atoms with Gasteiger partial charge in [-0.15, -0.1) is 0 Å². The highest BCUT2D eigenvalue weighted by molar-refractivity contribution is 7.91. The molecule has 106 valence electrons. The SMILES string of the molecule is CNC1CCCC1CCS(=O)(=O)CCC(=O)OC. The monoisotopic (exact) mass is 277 g/mol. The number of carbonyl (C=O) groups is 1. The van der Waals surface area contributed by atoms with Crippen LogP contribution in [0.5, 0.6) is 0 Å². The molecule has 1 aliphatic carbocycles. The van der Waals surface area contributed by atoms with E-state index in [9.17, 15) is 13.2 Å². The van der Waals surface area contributed by atoms with Crippen molar-refractivity contribution >= 4 is 15.8 Å². The van der Waals surface area contributed by atoms with Gasteiger partial charge in [-0.2, -0.15) is 0 Å². The molecule has 0 saturated heterocycles. The molecule has 1 N–H and O–H groups in total. The Morgan fingerprint density at radius 2 is 2.06 bits per heavy atom. The first-order valence-electron chi connectivity index (χ1n) is 6.43. The average Bonchev–Trinajstić information content (AvgIpc) is 2.81. The second-order valence-corrected chi connectivity index (χ2v) is 7.16. The van der Waals surface area contributed by atoms with Crippen molar-refractivity contribution in [3.63, 3.8) is 0 Å². The van der Waals surface area contributed by atoms with Gasteiger partial charge in [0.1, 0.15) is 0 Å². The standard InChI is InChI=1S/C12H23NO4S/c1-13-11-5-3-4-10(11)6-8-18(15,16)9-7-12(14)17-2/h10-11,13H,3-9H2,1-2H3. The van der Waals surface area contributed by atoms with Gasteiger partial charge in [0.15, 0.2) is 9.84 Å². The molecule has 0 aromatic heterocycles. The minimum atomic E-state index is -3.13. The number of nitrogens with one attached hydrogen (secondary N) is 1. The number of sulfone groups is 1. The number of rotatable bonds is 7. The number of carbonyl (C=O) groups excluding carboxylic acids is 1. The van der Waals surface area contributed by atoms with Crippen LogP contribution in [0.2, 0.25) is 0 Å². The molecule has 0 aromatic rings. The lowest BCUT2D eigenvalue weighted by Gasteiger charge is -2.18. The zero-order valence-electron chi connectivity index (χ0n) is 11.1. The molecule has 1 saturated carbocycles. The van der Waals surface area contributed by atoms with E-state index in [4.69, 9.17) is 0 Å². The predicted molar refractivity (Wildman–Crippen MR) is 70.1 cm³/mol. The third-order valence-corrected chi connectivity index (χ3v) is 5.36. The van der Waals surface area contributed by atoms with Crippen LogP contribution in [0, 0.1) is 5.92 Å². The quantitative estimate of drug-likeness (QED) is 0.695. The minimum absolute atomic E-state index is 0.0427. The van der Waals surface area contributed by atoms with Gasteiger partial charge in [0.05, 0.1) is 25.0 Å². The smallest absolute Gasteiger partial charge is 0.306 e. The van der Waals surface area contributed by atoms with E-state index < -0.39 is 15.8 Å². The zero-order chi connectivity index (χ0) is 13.6. The molecule has 0 amide bonds. The molecule has 2 unspecified atom stereocenters. The third kappa shape index (κ3) is 4.94. The first-order valence-corrected chi connectivity index (χ1v) is 8.25. The molecule has 5 nitrogen and oxygen atoms in total. The molecule has 6 heteroatoms. The first kappa shape index (κ1) is 15.4. The van der Waals surface area contributed by atoms with Gasteiger partial charge in [0.2, 0.25) is 0 Å². The lowest BCUT2D eigenvalue weighted by atomic mass is 10.0. The molecule has 1 rings (SSSR count). The van der Waals surface area contributed by atoms with E-state index in [0.29, 0.717) is 18.4 Å². The number of ether oxygens (including phenoxy) is 1. The molecule has 0 heterocycles. The highest BCUT2D eigenvalue weighted by Gasteiger charge is 2.27. The molecule has 1 aliphatic rings. The summed E-state index contributed by atoms with van der Waals surface area (Å²) in [5, 5.41) is 3.24. The Labute approximate surface area is 109 Å². The maximum absolute atomic E-state index is 11.8. The lowest BCUT2D eigenvalue weighted by molar-refractivity contribution is -0.140. The van der Waals surface area contributed by atoms with Gasteiger partial charge in [-0.05, 0) is 32.2 Å². The maximum Gasteiger partial charge on any atom is 0.306 e. The van der Waals surface area contributed by atoms with Gasteiger partial charge in [-0.3, -0.25) is 4.79 Å². The van der Waals surface area contributed by atoms with Gasteiger partial charge >= 0.3 is 5.97 Å². The van der Waals surface area contributed by atoms with Crippen molar-refractivity contribution in [2.24, 2.45) is 5.92 Å². The summed E-state index contributed by atoms with van der Waals surface area (Å²) in [6.45, 7) is 0. The fourth-order valence-corrected chi connectivity index (χ4v) is 3.88. The Morgan fingerprint density at radius 3 is 2.67 bits per heavy atom. The van der Waals surface area contributed by atoms with Crippen LogP contribution in [0.1, 0.15) is 32.1 Å². The van der Waals surface area contributed by atoms with E-state index in [1.54, 1.807) is 0 Å². The topological polar surface area (TPSA) is 72.5 Å². The van der Waals surface area contributed by atoms with E-state index >= 15 is 0 Å². The summed E-state index contributed by atoms with van der Waals surface area (Å²) in [6, 6.07) is 0.445. The van der Waals surface area contributed by atoms with Crippen LogP contribution in [-0.4, -0.2) is 46.1 Å². The van der Waals surface area contributed by atoms with Gasteiger partial charge < -0.3 is 10.1 Å². The first-order chi connectivity index (χ1) is 8.48. The summed E-state index contributed by atoms with van der Waals surface area (Å²) in [6.07, 6.45) is 4.04. The molecule has 0 aromatic carbocycles. The second-order valence-electron chi connectivity index (χ2n) is 4.85. The van der Waals surface area contributed by atoms with Crippen molar-refractivity contribution in [3.05, 3.63) is 0 Å². The minimum Gasteiger partial charge on any atom is -0.469 e. The fourth-order valence-electron chi connectivity index (χ4n) is 2.54. The molecule has 2 atom stereocenters. The summed E-state index contributed by atoms with van der Waals surface area (Å²) in [5.41, 5.74) is 0. The second kappa shape index (κ2) is 7.09. The summed E-state index contributed by atoms with van der Waals surface area (Å²) in [5.74, 6) is 0.0548. The van der Waals surface area contributed by atoms with Crippen LogP contribution >= 0.6 is 0 Å². The largest absolute Gasteiger partial charge is 0.469 e. The predicted octanol–water partition coefficient (Wildman–Crippen LogP) is 0.743. The van der Waals surface area contributed by atoms with Crippen LogP contribution in [0.25, 0.3) is 0 Å². The Morgan fingerprint density at radius 1 is 1.33 bits per heavy atom. The molecule has 1 fully saturated rings. The van der Waals surface area contributed by atoms with Crippen molar-refractivity contribution < 1.29 is 17.9 Å². The highest BCUT2D eigenvalue weighted by Crippen LogP contribution is 2.28. The molecule has 0 aliphatic heterocycles. The summed E-state index contributed by atoms with van der Waals surface area (Å²) in [7, 11) is 0.0597. The normalized spacial score (nSPS) is 24.1. The maximum atomic E-state index is 11.8. The average molecular weight is 277 g/mol. The van der Waals surface area contributed by atoms with E-state index in [0.717, 1.165) is 12.8 Å². The van der Waals surface area contributed by atoms with E-state index in [1.165, 1.54) is 13.5 Å². The van der Waals surface area contributed by atoms with Crippen LogP contribution in [0.15, 0.2) is 0 Å². The Kier molecular flexibility index (Phi) is 6.08. The van der Waals surface area contributed by atoms with Gasteiger partial charge in [-0.25, -0.2) is 8.42 Å². The number of methoxy groups -OCH3 is 1. The van der Waals surface area contributed by atoms with Gasteiger partial charge in [-0.1, -0.05) is 6.42 Å². The molecular formula is C12H23NO4S. The third-order valence-electron chi connectivity index (χ3n) is 3.67. The van der Waals surface area contributed by atoms with Crippen molar-refractivity contribution in [2.45, 2.75) is 38.1 Å². The number of hydrogen-bond acceptors (Lipinski definition) is 5. The molecule has 0 bridgehead atoms. The Bertz CT molecular complexity index is 366. The fraction of sp³-hybridized carbons (Fsp3) is 0.917. The van der Waals surface area contributed by atoms with Crippen LogP contribution in [0.4, 0.5) is 0 Å². The van der Waals surface area contributed by atoms with Gasteiger partial charge in [0, 0.05) is 6.04 Å². The van der Waals surface area contributed by atoms with E-state index in [-0.39, 0.29) is 17.9 Å². The Balaban J connectivity index is 2.35. The summed E-state index contributed by atoms with van der Waals surface area (Å²) >= 11 is 0. The van der Waals surface area contributed by atoms with Gasteiger partial charge in [0.25, 0.3) is 0 Å². The summed E-state index contributed by atoms with van der Waals surface area (Å²) < 4.78 is 28.0. The van der Waals surface area contributed by atoms with Crippen LogP contribution < -0.4 is 5.32 Å². The Hall–Kier alpha value is -0.620. The molecule has 18 heavy (non-hydrogen) atoms. The van der Waals surface area contributed by atoms with E-state index in [1.807, 2.05) is 7.05 Å². The van der Waals surface area contributed by atoms with Crippen molar-refractivity contribution in [1.29, 1.82) is 0 Å². The molecule has 0 radical (unpaired) electrons. The van der Waals surface area contributed by atoms with E-state index in [2.05, 4.69) is 10.1 Å². The lowest BCUT2D eigenvalue weighted by Crippen LogP contribution is -2.30. The molecular weight excluding hydrogens is 254 g/mol. The van der Waals surface area contributed by atoms with Crippen LogP contribution in [-0.2, 0) is 19.4 Å². The number of esters is 1. The van der Waals surface area contributed by atoms with Crippen molar-refractivity contribution in [2.75, 3.05) is 25.7 Å². The van der Waals surface area contributed by atoms with Crippen molar-refractivity contribution in [1.82, 2.24) is 5.32 Å².